The van der Waals surface area contributed by atoms with E-state index in [0.717, 1.165) is 24.9 Å². The standard InChI is InChI=1S/C21H32ClN3O2/c1-15(23-5)7-6-8-16-11-18(20(22)24-13-16)27-17-9-10-25(14-17)19(26)12-21(2,3)4/h6,8,11,13,15,17,23H,7,9-10,12,14H2,1-5H3/t15-,17-/m0/s1. The van der Waals surface area contributed by atoms with Crippen LogP contribution in [0.25, 0.3) is 6.08 Å². The van der Waals surface area contributed by atoms with E-state index in [1.807, 2.05) is 24.1 Å². The van der Waals surface area contributed by atoms with Gasteiger partial charge in [0.15, 0.2) is 10.9 Å². The van der Waals surface area contributed by atoms with Gasteiger partial charge in [-0.25, -0.2) is 4.98 Å². The van der Waals surface area contributed by atoms with Crippen molar-refractivity contribution in [3.63, 3.8) is 0 Å². The van der Waals surface area contributed by atoms with Crippen molar-refractivity contribution in [3.05, 3.63) is 29.1 Å². The molecule has 0 saturated carbocycles. The number of halogens is 1. The van der Waals surface area contributed by atoms with Crippen LogP contribution in [0.3, 0.4) is 0 Å². The highest BCUT2D eigenvalue weighted by molar-refractivity contribution is 6.30. The Morgan fingerprint density at radius 2 is 2.26 bits per heavy atom. The van der Waals surface area contributed by atoms with Crippen molar-refractivity contribution in [1.82, 2.24) is 15.2 Å². The van der Waals surface area contributed by atoms with E-state index >= 15 is 0 Å². The van der Waals surface area contributed by atoms with Crippen LogP contribution in [0, 0.1) is 5.41 Å². The lowest BCUT2D eigenvalue weighted by atomic mass is 9.92. The number of pyridine rings is 1. The molecule has 2 heterocycles. The Hall–Kier alpha value is -1.59. The van der Waals surface area contributed by atoms with Crippen molar-refractivity contribution in [1.29, 1.82) is 0 Å². The Bertz CT molecular complexity index is 670. The van der Waals surface area contributed by atoms with E-state index in [1.165, 1.54) is 0 Å². The summed E-state index contributed by atoms with van der Waals surface area (Å²) in [4.78, 5) is 18.5. The average Bonchev–Trinajstić information content (AvgIpc) is 3.05. The highest BCUT2D eigenvalue weighted by Crippen LogP contribution is 2.28. The summed E-state index contributed by atoms with van der Waals surface area (Å²) in [6.45, 7) is 9.70. The Morgan fingerprint density at radius 1 is 1.52 bits per heavy atom. The number of amides is 1. The summed E-state index contributed by atoms with van der Waals surface area (Å²) < 4.78 is 6.07. The van der Waals surface area contributed by atoms with Crippen LogP contribution in [0.15, 0.2) is 18.3 Å². The minimum absolute atomic E-state index is 0.00524. The smallest absolute Gasteiger partial charge is 0.223 e. The molecule has 1 aliphatic rings. The van der Waals surface area contributed by atoms with Gasteiger partial charge in [0.2, 0.25) is 5.91 Å². The van der Waals surface area contributed by atoms with Crippen molar-refractivity contribution in [2.75, 3.05) is 20.1 Å². The number of carbonyl (C=O) groups is 1. The molecule has 1 aromatic heterocycles. The molecule has 0 bridgehead atoms. The van der Waals surface area contributed by atoms with E-state index in [0.29, 0.717) is 29.9 Å². The normalized spacial score (nSPS) is 18.9. The van der Waals surface area contributed by atoms with Gasteiger partial charge in [-0.3, -0.25) is 4.79 Å². The topological polar surface area (TPSA) is 54.5 Å². The molecule has 27 heavy (non-hydrogen) atoms. The maximum absolute atomic E-state index is 12.4. The molecule has 1 saturated heterocycles. The maximum Gasteiger partial charge on any atom is 0.223 e. The summed E-state index contributed by atoms with van der Waals surface area (Å²) in [5, 5.41) is 3.56. The minimum atomic E-state index is -0.0447. The molecule has 1 amide bonds. The molecule has 0 unspecified atom stereocenters. The van der Waals surface area contributed by atoms with Crippen LogP contribution < -0.4 is 10.1 Å². The summed E-state index contributed by atoms with van der Waals surface area (Å²) in [5.74, 6) is 0.767. The fourth-order valence-electron chi connectivity index (χ4n) is 2.94. The number of carbonyl (C=O) groups excluding carboxylic acids is 1. The number of ether oxygens (including phenoxy) is 1. The predicted molar refractivity (Wildman–Crippen MR) is 111 cm³/mol. The molecule has 0 aliphatic carbocycles. The zero-order valence-corrected chi connectivity index (χ0v) is 17.8. The molecule has 0 spiro atoms. The second-order valence-electron chi connectivity index (χ2n) is 8.49. The van der Waals surface area contributed by atoms with Gasteiger partial charge in [-0.2, -0.15) is 0 Å². The van der Waals surface area contributed by atoms with Crippen LogP contribution in [0.1, 0.15) is 52.5 Å². The van der Waals surface area contributed by atoms with Gasteiger partial charge in [0.05, 0.1) is 6.54 Å². The summed E-state index contributed by atoms with van der Waals surface area (Å²) in [6.07, 6.45) is 8.12. The minimum Gasteiger partial charge on any atom is -0.485 e. The summed E-state index contributed by atoms with van der Waals surface area (Å²) in [7, 11) is 1.95. The van der Waals surface area contributed by atoms with Crippen molar-refractivity contribution in [3.8, 4) is 5.75 Å². The highest BCUT2D eigenvalue weighted by atomic mass is 35.5. The third-order valence-electron chi connectivity index (χ3n) is 4.59. The predicted octanol–water partition coefficient (Wildman–Crippen LogP) is 4.16. The molecule has 150 valence electrons. The highest BCUT2D eigenvalue weighted by Gasteiger charge is 2.30. The third-order valence-corrected chi connectivity index (χ3v) is 4.88. The van der Waals surface area contributed by atoms with Gasteiger partial charge in [0, 0.05) is 31.6 Å². The van der Waals surface area contributed by atoms with Gasteiger partial charge in [-0.15, -0.1) is 0 Å². The monoisotopic (exact) mass is 393 g/mol. The molecule has 1 aromatic rings. The van der Waals surface area contributed by atoms with E-state index in [4.69, 9.17) is 16.3 Å². The summed E-state index contributed by atoms with van der Waals surface area (Å²) in [5.41, 5.74) is 0.950. The van der Waals surface area contributed by atoms with Gasteiger partial charge in [-0.05, 0) is 37.4 Å². The molecule has 0 radical (unpaired) electrons. The van der Waals surface area contributed by atoms with Crippen LogP contribution in [0.5, 0.6) is 5.75 Å². The lowest BCUT2D eigenvalue weighted by molar-refractivity contribution is -0.132. The van der Waals surface area contributed by atoms with Gasteiger partial charge in [0.1, 0.15) is 6.10 Å². The fraction of sp³-hybridized carbons (Fsp3) is 0.619. The number of hydrogen-bond donors (Lipinski definition) is 1. The van der Waals surface area contributed by atoms with Crippen LogP contribution in [-0.2, 0) is 4.79 Å². The van der Waals surface area contributed by atoms with Crippen LogP contribution in [0.2, 0.25) is 5.15 Å². The largest absolute Gasteiger partial charge is 0.485 e. The first-order valence-corrected chi connectivity index (χ1v) is 9.99. The second kappa shape index (κ2) is 9.56. The van der Waals surface area contributed by atoms with E-state index in [1.54, 1.807) is 6.20 Å². The van der Waals surface area contributed by atoms with Crippen LogP contribution in [0.4, 0.5) is 0 Å². The molecule has 0 aromatic carbocycles. The number of rotatable bonds is 7. The molecular formula is C21H32ClN3O2. The first kappa shape index (κ1) is 21.7. The lowest BCUT2D eigenvalue weighted by Crippen LogP contribution is -2.33. The number of nitrogens with zero attached hydrogens (tertiary/aromatic N) is 2. The third kappa shape index (κ3) is 7.15. The van der Waals surface area contributed by atoms with Gasteiger partial charge in [-0.1, -0.05) is 44.5 Å². The Kier molecular flexibility index (Phi) is 7.68. The van der Waals surface area contributed by atoms with Gasteiger partial charge >= 0.3 is 0 Å². The zero-order valence-electron chi connectivity index (χ0n) is 17.1. The van der Waals surface area contributed by atoms with Crippen LogP contribution >= 0.6 is 11.6 Å². The van der Waals surface area contributed by atoms with Gasteiger partial charge in [0.25, 0.3) is 0 Å². The first-order valence-electron chi connectivity index (χ1n) is 9.61. The molecule has 1 fully saturated rings. The van der Waals surface area contributed by atoms with Gasteiger partial charge < -0.3 is 15.0 Å². The SMILES string of the molecule is CN[C@@H](C)CC=Cc1cnc(Cl)c(O[C@H]2CCN(C(=O)CC(C)(C)C)C2)c1. The summed E-state index contributed by atoms with van der Waals surface area (Å²) >= 11 is 6.22. The van der Waals surface area contributed by atoms with E-state index in [9.17, 15) is 4.79 Å². The molecular weight excluding hydrogens is 362 g/mol. The molecule has 5 nitrogen and oxygen atoms in total. The van der Waals surface area contributed by atoms with E-state index in [-0.39, 0.29) is 17.4 Å². The van der Waals surface area contributed by atoms with Crippen molar-refractivity contribution >= 4 is 23.6 Å². The number of likely N-dealkylation sites (tertiary alicyclic amines) is 1. The first-order chi connectivity index (χ1) is 12.7. The Balaban J connectivity index is 1.95. The van der Waals surface area contributed by atoms with Crippen molar-refractivity contribution in [2.45, 2.75) is 59.1 Å². The summed E-state index contributed by atoms with van der Waals surface area (Å²) in [6, 6.07) is 2.34. The van der Waals surface area contributed by atoms with E-state index < -0.39 is 0 Å². The molecule has 2 rings (SSSR count). The maximum atomic E-state index is 12.4. The van der Waals surface area contributed by atoms with E-state index in [2.05, 4.69) is 44.1 Å². The Labute approximate surface area is 168 Å². The molecule has 1 N–H and O–H groups in total. The number of nitrogens with one attached hydrogen (secondary N) is 1. The van der Waals surface area contributed by atoms with Crippen molar-refractivity contribution < 1.29 is 9.53 Å². The number of hydrogen-bond acceptors (Lipinski definition) is 4. The molecule has 2 atom stereocenters. The zero-order chi connectivity index (χ0) is 20.0. The number of aromatic nitrogens is 1. The Morgan fingerprint density at radius 3 is 2.93 bits per heavy atom. The fourth-order valence-corrected chi connectivity index (χ4v) is 3.09. The quantitative estimate of drug-likeness (QED) is 0.706. The second-order valence-corrected chi connectivity index (χ2v) is 8.85. The lowest BCUT2D eigenvalue weighted by Gasteiger charge is -2.23. The van der Waals surface area contributed by atoms with Crippen molar-refractivity contribution in [2.24, 2.45) is 5.41 Å². The average molecular weight is 394 g/mol. The van der Waals surface area contributed by atoms with Crippen LogP contribution in [-0.4, -0.2) is 48.1 Å². The molecule has 1 aliphatic heterocycles. The molecule has 6 heteroatoms.